The van der Waals surface area contributed by atoms with Gasteiger partial charge >= 0.3 is 0 Å². The Morgan fingerprint density at radius 1 is 1.50 bits per heavy atom. The summed E-state index contributed by atoms with van der Waals surface area (Å²) >= 11 is 1.58. The number of nitrogens with two attached hydrogens (primary N) is 1. The highest BCUT2D eigenvalue weighted by atomic mass is 32.1. The number of carbonyl (C=O) groups excluding carboxylic acids is 1. The quantitative estimate of drug-likeness (QED) is 0.877. The third-order valence-corrected chi connectivity index (χ3v) is 5.16. The van der Waals surface area contributed by atoms with Crippen molar-refractivity contribution in [2.45, 2.75) is 64.5 Å². The van der Waals surface area contributed by atoms with Gasteiger partial charge in [-0.25, -0.2) is 4.98 Å². The number of carbonyl (C=O) groups is 1. The highest BCUT2D eigenvalue weighted by Crippen LogP contribution is 2.27. The smallest absolute Gasteiger partial charge is 0.237 e. The van der Waals surface area contributed by atoms with Crippen LogP contribution in [-0.4, -0.2) is 16.9 Å². The molecule has 1 saturated carbocycles. The number of thiazole rings is 1. The van der Waals surface area contributed by atoms with Crippen molar-refractivity contribution in [3.05, 3.63) is 16.1 Å². The molecule has 20 heavy (non-hydrogen) atoms. The molecule has 0 bridgehead atoms. The molecule has 2 rings (SSSR count). The summed E-state index contributed by atoms with van der Waals surface area (Å²) in [4.78, 5) is 16.5. The van der Waals surface area contributed by atoms with Crippen LogP contribution in [0.15, 0.2) is 5.38 Å². The van der Waals surface area contributed by atoms with Crippen molar-refractivity contribution in [1.82, 2.24) is 10.3 Å². The third kappa shape index (κ3) is 4.28. The molecular weight excluding hydrogens is 270 g/mol. The first kappa shape index (κ1) is 15.4. The first-order chi connectivity index (χ1) is 9.56. The van der Waals surface area contributed by atoms with E-state index >= 15 is 0 Å². The van der Waals surface area contributed by atoms with Gasteiger partial charge in [-0.1, -0.05) is 32.1 Å². The van der Waals surface area contributed by atoms with Gasteiger partial charge in [0.05, 0.1) is 12.1 Å². The van der Waals surface area contributed by atoms with Crippen molar-refractivity contribution in [3.63, 3.8) is 0 Å². The molecule has 1 aliphatic rings. The van der Waals surface area contributed by atoms with Gasteiger partial charge in [0.2, 0.25) is 5.91 Å². The van der Waals surface area contributed by atoms with E-state index < -0.39 is 0 Å². The number of hydrogen-bond donors (Lipinski definition) is 2. The molecule has 112 valence electrons. The Morgan fingerprint density at radius 3 is 2.80 bits per heavy atom. The maximum atomic E-state index is 12.1. The molecule has 1 aromatic heterocycles. The SMILES string of the molecule is Cc1csc(C(C)NC(=O)C(N)CC2CCCCC2)n1. The molecule has 3 N–H and O–H groups in total. The summed E-state index contributed by atoms with van der Waals surface area (Å²) in [5.41, 5.74) is 7.05. The monoisotopic (exact) mass is 295 g/mol. The second-order valence-corrected chi connectivity index (χ2v) is 6.79. The topological polar surface area (TPSA) is 68.0 Å². The average Bonchev–Trinajstić information content (AvgIpc) is 2.86. The zero-order valence-corrected chi connectivity index (χ0v) is 13.2. The second kappa shape index (κ2) is 7.18. The van der Waals surface area contributed by atoms with Crippen molar-refractivity contribution in [2.75, 3.05) is 0 Å². The van der Waals surface area contributed by atoms with Crippen molar-refractivity contribution in [2.24, 2.45) is 11.7 Å². The molecule has 0 aromatic carbocycles. The molecule has 1 amide bonds. The van der Waals surface area contributed by atoms with E-state index in [2.05, 4.69) is 10.3 Å². The minimum atomic E-state index is -0.387. The van der Waals surface area contributed by atoms with Crippen LogP contribution in [-0.2, 0) is 4.79 Å². The van der Waals surface area contributed by atoms with E-state index in [-0.39, 0.29) is 18.0 Å². The van der Waals surface area contributed by atoms with E-state index in [1.54, 1.807) is 11.3 Å². The summed E-state index contributed by atoms with van der Waals surface area (Å²) in [6, 6.07) is -0.444. The van der Waals surface area contributed by atoms with Crippen LogP contribution >= 0.6 is 11.3 Å². The normalized spacial score (nSPS) is 19.6. The summed E-state index contributed by atoms with van der Waals surface area (Å²) in [5, 5.41) is 5.93. The standard InChI is InChI=1S/C15H25N3OS/c1-10-9-20-15(17-10)11(2)18-14(19)13(16)8-12-6-4-3-5-7-12/h9,11-13H,3-8,16H2,1-2H3,(H,18,19). The van der Waals surface area contributed by atoms with Gasteiger partial charge in [-0.05, 0) is 26.2 Å². The molecule has 0 aliphatic heterocycles. The molecule has 1 aliphatic carbocycles. The lowest BCUT2D eigenvalue weighted by Crippen LogP contribution is -2.42. The minimum Gasteiger partial charge on any atom is -0.346 e. The van der Waals surface area contributed by atoms with E-state index in [9.17, 15) is 4.79 Å². The predicted octanol–water partition coefficient (Wildman–Crippen LogP) is 2.93. The summed E-state index contributed by atoms with van der Waals surface area (Å²) in [6.45, 7) is 3.92. The van der Waals surface area contributed by atoms with Crippen LogP contribution in [0.2, 0.25) is 0 Å². The van der Waals surface area contributed by atoms with E-state index in [0.717, 1.165) is 17.1 Å². The lowest BCUT2D eigenvalue weighted by Gasteiger charge is -2.24. The molecule has 1 aromatic rings. The van der Waals surface area contributed by atoms with Gasteiger partial charge in [-0.3, -0.25) is 4.79 Å². The number of nitrogens with one attached hydrogen (secondary N) is 1. The molecule has 2 unspecified atom stereocenters. The first-order valence-corrected chi connectivity index (χ1v) is 8.42. The lowest BCUT2D eigenvalue weighted by molar-refractivity contribution is -0.123. The van der Waals surface area contributed by atoms with E-state index in [4.69, 9.17) is 5.73 Å². The lowest BCUT2D eigenvalue weighted by atomic mass is 9.85. The summed E-state index contributed by atoms with van der Waals surface area (Å²) in [7, 11) is 0. The summed E-state index contributed by atoms with van der Waals surface area (Å²) in [6.07, 6.45) is 7.17. The van der Waals surface area contributed by atoms with E-state index in [0.29, 0.717) is 5.92 Å². The first-order valence-electron chi connectivity index (χ1n) is 7.54. The highest BCUT2D eigenvalue weighted by Gasteiger charge is 2.23. The van der Waals surface area contributed by atoms with Crippen LogP contribution in [0.3, 0.4) is 0 Å². The zero-order chi connectivity index (χ0) is 14.5. The minimum absolute atomic E-state index is 0.0454. The van der Waals surface area contributed by atoms with Crippen LogP contribution < -0.4 is 11.1 Å². The Labute approximate surface area is 125 Å². The van der Waals surface area contributed by atoms with Gasteiger partial charge in [0.15, 0.2) is 0 Å². The number of nitrogens with zero attached hydrogens (tertiary/aromatic N) is 1. The molecule has 0 saturated heterocycles. The summed E-state index contributed by atoms with van der Waals surface area (Å²) < 4.78 is 0. The van der Waals surface area contributed by atoms with Gasteiger partial charge in [-0.2, -0.15) is 0 Å². The maximum absolute atomic E-state index is 12.1. The summed E-state index contributed by atoms with van der Waals surface area (Å²) in [5.74, 6) is 0.581. The Balaban J connectivity index is 1.81. The molecular formula is C15H25N3OS. The van der Waals surface area contributed by atoms with Gasteiger partial charge in [0.25, 0.3) is 0 Å². The number of amides is 1. The fraction of sp³-hybridized carbons (Fsp3) is 0.733. The fourth-order valence-corrected chi connectivity index (χ4v) is 3.65. The fourth-order valence-electron chi connectivity index (χ4n) is 2.84. The largest absolute Gasteiger partial charge is 0.346 e. The van der Waals surface area contributed by atoms with Crippen LogP contribution in [0.1, 0.15) is 62.2 Å². The second-order valence-electron chi connectivity index (χ2n) is 5.90. The molecule has 0 radical (unpaired) electrons. The molecule has 5 heteroatoms. The Hall–Kier alpha value is -0.940. The Bertz CT molecular complexity index is 440. The number of aromatic nitrogens is 1. The van der Waals surface area contributed by atoms with Crippen molar-refractivity contribution < 1.29 is 4.79 Å². The average molecular weight is 295 g/mol. The molecule has 2 atom stereocenters. The van der Waals surface area contributed by atoms with E-state index in [1.165, 1.54) is 32.1 Å². The Morgan fingerprint density at radius 2 is 2.20 bits per heavy atom. The van der Waals surface area contributed by atoms with E-state index in [1.807, 2.05) is 19.2 Å². The van der Waals surface area contributed by atoms with Gasteiger partial charge in [0, 0.05) is 11.1 Å². The van der Waals surface area contributed by atoms with Crippen LogP contribution in [0.4, 0.5) is 0 Å². The van der Waals surface area contributed by atoms with Gasteiger partial charge in [0.1, 0.15) is 5.01 Å². The number of aryl methyl sites for hydroxylation is 1. The van der Waals surface area contributed by atoms with Crippen LogP contribution in [0.5, 0.6) is 0 Å². The third-order valence-electron chi connectivity index (χ3n) is 4.01. The zero-order valence-electron chi connectivity index (χ0n) is 12.4. The van der Waals surface area contributed by atoms with Crippen molar-refractivity contribution in [1.29, 1.82) is 0 Å². The number of rotatable bonds is 5. The molecule has 1 fully saturated rings. The predicted molar refractivity (Wildman–Crippen MR) is 82.6 cm³/mol. The van der Waals surface area contributed by atoms with Crippen molar-refractivity contribution in [3.8, 4) is 0 Å². The molecule has 4 nitrogen and oxygen atoms in total. The van der Waals surface area contributed by atoms with Gasteiger partial charge < -0.3 is 11.1 Å². The van der Waals surface area contributed by atoms with Crippen molar-refractivity contribution >= 4 is 17.2 Å². The number of hydrogen-bond acceptors (Lipinski definition) is 4. The molecule has 0 spiro atoms. The van der Waals surface area contributed by atoms with Crippen LogP contribution in [0, 0.1) is 12.8 Å². The highest BCUT2D eigenvalue weighted by molar-refractivity contribution is 7.09. The Kier molecular flexibility index (Phi) is 5.54. The van der Waals surface area contributed by atoms with Gasteiger partial charge in [-0.15, -0.1) is 11.3 Å². The molecule has 1 heterocycles. The maximum Gasteiger partial charge on any atom is 0.237 e. The van der Waals surface area contributed by atoms with Crippen LogP contribution in [0.25, 0.3) is 0 Å².